The second kappa shape index (κ2) is 8.55. The normalized spacial score (nSPS) is 42.4. The number of hydrogen-bond donors (Lipinski definition) is 2. The third-order valence-electron chi connectivity index (χ3n) is 13.6. The van der Waals surface area contributed by atoms with Gasteiger partial charge in [-0.25, -0.2) is 0 Å². The standard InChI is InChI=1S/C20H20N2O2S.C18H19NO2/c1-18-5-6-20(25-14(18)10-21)13-9-11-3-4-12(23)16-15(11)19(20,17(18)24-16)7-8-22(13)2;1-10-3-5-12-13-9-11-4-6-14(20)16-15(11)18(12,17(10)21-16)7-8-19(13)2/h3-6,13-14,17,23H,7-9H2,1-2H3;3-6,13,17,20H,7-9H2,1-2H3/t13-,14-,17+,18+,19+,20-;13-,17+,18+/m11/s1. The average molecular weight is 634 g/mol. The number of ether oxygens (including phenoxy) is 2. The molecular formula is C38H39N3O4S. The number of likely N-dealkylation sites (tertiary alicyclic amines) is 2. The molecule has 3 fully saturated rings. The smallest absolute Gasteiger partial charge is 0.166 e. The molecular weight excluding hydrogens is 595 g/mol. The van der Waals surface area contributed by atoms with Crippen LogP contribution in [0.15, 0.2) is 59.7 Å². The summed E-state index contributed by atoms with van der Waals surface area (Å²) in [7, 11) is 4.43. The Morgan fingerprint density at radius 1 is 0.913 bits per heavy atom. The number of phenols is 2. The van der Waals surface area contributed by atoms with Gasteiger partial charge < -0.3 is 24.6 Å². The van der Waals surface area contributed by atoms with E-state index < -0.39 is 0 Å². The Bertz CT molecular complexity index is 1910. The first kappa shape index (κ1) is 27.7. The van der Waals surface area contributed by atoms with Crippen LogP contribution in [0.1, 0.15) is 48.9 Å². The highest BCUT2D eigenvalue weighted by Crippen LogP contribution is 2.75. The van der Waals surface area contributed by atoms with E-state index in [1.54, 1.807) is 12.1 Å². The number of benzene rings is 2. The number of piperidine rings is 2. The van der Waals surface area contributed by atoms with Crippen LogP contribution < -0.4 is 9.47 Å². The lowest BCUT2D eigenvalue weighted by Crippen LogP contribution is -2.78. The fourth-order valence-electron chi connectivity index (χ4n) is 11.5. The van der Waals surface area contributed by atoms with Crippen molar-refractivity contribution < 1.29 is 19.7 Å². The number of likely N-dealkylation sites (N-methyl/N-ethyl adjacent to an activating group) is 2. The SMILES string of the molecule is CC1=CC=C2[C@H]3Cc4ccc(O)c5c4[C@@]2(CCN3C)[C@H]1O5.CN1CC[C@]23c4c5ccc(O)c4O[C@H]2[C@@]2(C)C=C[C@@]3(S[C@@H]2C#N)[C@H]1C5. The van der Waals surface area contributed by atoms with Crippen molar-refractivity contribution in [3.8, 4) is 29.1 Å². The van der Waals surface area contributed by atoms with Gasteiger partial charge >= 0.3 is 0 Å². The average Bonchev–Trinajstić information content (AvgIpc) is 3.60. The van der Waals surface area contributed by atoms with Crippen molar-refractivity contribution in [3.63, 3.8) is 0 Å². The maximum atomic E-state index is 10.5. The van der Waals surface area contributed by atoms with E-state index in [0.29, 0.717) is 23.6 Å². The summed E-state index contributed by atoms with van der Waals surface area (Å²) in [4.78, 5) is 4.94. The summed E-state index contributed by atoms with van der Waals surface area (Å²) in [6.07, 6.45) is 13.2. The number of phenolic OH excluding ortho intramolecular Hbond substituents is 2. The van der Waals surface area contributed by atoms with Crippen molar-refractivity contribution in [2.24, 2.45) is 5.41 Å². The number of rotatable bonds is 0. The second-order valence-corrected chi connectivity index (χ2v) is 16.8. The highest BCUT2D eigenvalue weighted by molar-refractivity contribution is 8.02. The number of nitriles is 1. The molecule has 46 heavy (non-hydrogen) atoms. The lowest BCUT2D eigenvalue weighted by Gasteiger charge is -2.69. The summed E-state index contributed by atoms with van der Waals surface area (Å²) < 4.78 is 12.7. The van der Waals surface area contributed by atoms with Gasteiger partial charge in [0, 0.05) is 28.6 Å². The van der Waals surface area contributed by atoms with Gasteiger partial charge in [-0.15, -0.1) is 11.8 Å². The van der Waals surface area contributed by atoms with Crippen LogP contribution in [-0.4, -0.2) is 81.5 Å². The van der Waals surface area contributed by atoms with Crippen molar-refractivity contribution >= 4 is 11.8 Å². The van der Waals surface area contributed by atoms with Gasteiger partial charge in [-0.05, 0) is 94.2 Å². The number of hydrogen-bond acceptors (Lipinski definition) is 8. The van der Waals surface area contributed by atoms with E-state index in [1.807, 2.05) is 11.8 Å². The first-order valence-corrected chi connectivity index (χ1v) is 17.6. The molecule has 10 aliphatic rings. The molecule has 2 N–H and O–H groups in total. The molecule has 2 aromatic carbocycles. The van der Waals surface area contributed by atoms with Crippen LogP contribution in [0.25, 0.3) is 0 Å². The Kier molecular flexibility index (Phi) is 5.15. The predicted molar refractivity (Wildman–Crippen MR) is 177 cm³/mol. The van der Waals surface area contributed by atoms with Crippen LogP contribution in [0, 0.1) is 16.7 Å². The van der Waals surface area contributed by atoms with Gasteiger partial charge in [-0.2, -0.15) is 5.26 Å². The van der Waals surface area contributed by atoms with Gasteiger partial charge in [-0.1, -0.05) is 43.4 Å². The molecule has 7 nitrogen and oxygen atoms in total. The summed E-state index contributed by atoms with van der Waals surface area (Å²) >= 11 is 1.85. The van der Waals surface area contributed by atoms with Gasteiger partial charge in [0.2, 0.25) is 0 Å². The molecule has 0 radical (unpaired) electrons. The first-order chi connectivity index (χ1) is 22.1. The van der Waals surface area contributed by atoms with Crippen LogP contribution in [0.4, 0.5) is 0 Å². The molecule has 0 aromatic heterocycles. The summed E-state index contributed by atoms with van der Waals surface area (Å²) in [5, 5.41) is 30.6. The van der Waals surface area contributed by atoms with Crippen LogP contribution in [-0.2, 0) is 23.7 Å². The fourth-order valence-corrected chi connectivity index (χ4v) is 13.5. The third-order valence-corrected chi connectivity index (χ3v) is 15.6. The molecule has 0 saturated carbocycles. The van der Waals surface area contributed by atoms with Crippen molar-refractivity contribution in [3.05, 3.63) is 82.0 Å². The first-order valence-electron chi connectivity index (χ1n) is 16.7. The third kappa shape index (κ3) is 2.81. The minimum Gasteiger partial charge on any atom is -0.504 e. The Morgan fingerprint density at radius 2 is 1.63 bits per heavy atom. The monoisotopic (exact) mass is 633 g/mol. The molecule has 4 aliphatic carbocycles. The van der Waals surface area contributed by atoms with Crippen LogP contribution in [0.5, 0.6) is 23.0 Å². The minimum absolute atomic E-state index is 0.0301. The van der Waals surface area contributed by atoms with Crippen molar-refractivity contribution in [1.29, 1.82) is 5.26 Å². The zero-order valence-electron chi connectivity index (χ0n) is 26.7. The molecule has 0 amide bonds. The number of nitrogens with zero attached hydrogens (tertiary/aromatic N) is 3. The molecule has 6 bridgehead atoms. The molecule has 12 rings (SSSR count). The zero-order valence-corrected chi connectivity index (χ0v) is 27.5. The lowest BCUT2D eigenvalue weighted by atomic mass is 9.48. The minimum atomic E-state index is -0.332. The van der Waals surface area contributed by atoms with Crippen molar-refractivity contribution in [1.82, 2.24) is 9.80 Å². The van der Waals surface area contributed by atoms with Crippen LogP contribution in [0.2, 0.25) is 0 Å². The fraction of sp³-hybridized carbons (Fsp3) is 0.500. The number of aromatic hydroxyl groups is 2. The molecule has 6 heterocycles. The van der Waals surface area contributed by atoms with Gasteiger partial charge in [0.1, 0.15) is 17.5 Å². The molecule has 0 unspecified atom stereocenters. The summed E-state index contributed by atoms with van der Waals surface area (Å²) in [6.45, 7) is 6.43. The van der Waals surface area contributed by atoms with E-state index in [2.05, 4.69) is 80.2 Å². The van der Waals surface area contributed by atoms with E-state index in [9.17, 15) is 15.5 Å². The largest absolute Gasteiger partial charge is 0.504 e. The second-order valence-electron chi connectivity index (χ2n) is 15.4. The molecule has 3 saturated heterocycles. The molecule has 9 atom stereocenters. The highest BCUT2D eigenvalue weighted by atomic mass is 32.2. The molecule has 8 heteroatoms. The Hall–Kier alpha value is -3.38. The molecule has 3 spiro atoms. The highest BCUT2D eigenvalue weighted by Gasteiger charge is 2.78. The van der Waals surface area contributed by atoms with E-state index in [4.69, 9.17) is 9.47 Å². The molecule has 2 aromatic rings. The zero-order chi connectivity index (χ0) is 31.5. The summed E-state index contributed by atoms with van der Waals surface area (Å²) in [5.74, 6) is 1.96. The summed E-state index contributed by atoms with van der Waals surface area (Å²) in [6, 6.07) is 11.1. The number of allylic oxidation sites excluding steroid dienone is 2. The van der Waals surface area contributed by atoms with Crippen LogP contribution in [0.3, 0.4) is 0 Å². The van der Waals surface area contributed by atoms with Crippen molar-refractivity contribution in [2.45, 2.75) is 84.6 Å². The van der Waals surface area contributed by atoms with Gasteiger partial charge in [0.15, 0.2) is 23.0 Å². The number of thioether (sulfide) groups is 1. The van der Waals surface area contributed by atoms with E-state index in [-0.39, 0.29) is 44.2 Å². The Labute approximate surface area is 274 Å². The quantitative estimate of drug-likeness (QED) is 0.386. The van der Waals surface area contributed by atoms with Crippen LogP contribution >= 0.6 is 11.8 Å². The topological polar surface area (TPSA) is 89.2 Å². The maximum absolute atomic E-state index is 10.5. The van der Waals surface area contributed by atoms with Crippen molar-refractivity contribution in [2.75, 3.05) is 27.2 Å². The van der Waals surface area contributed by atoms with E-state index >= 15 is 0 Å². The van der Waals surface area contributed by atoms with E-state index in [1.165, 1.54) is 33.4 Å². The van der Waals surface area contributed by atoms with Gasteiger partial charge in [0.05, 0.1) is 21.6 Å². The van der Waals surface area contributed by atoms with E-state index in [0.717, 1.165) is 44.5 Å². The predicted octanol–water partition coefficient (Wildman–Crippen LogP) is 5.14. The molecule has 236 valence electrons. The maximum Gasteiger partial charge on any atom is 0.166 e. The lowest BCUT2D eigenvalue weighted by molar-refractivity contribution is -0.0373. The van der Waals surface area contributed by atoms with Gasteiger partial charge in [0.25, 0.3) is 0 Å². The number of fused-ring (bicyclic) bond motifs is 1. The summed E-state index contributed by atoms with van der Waals surface area (Å²) in [5.41, 5.74) is 7.45. The Balaban J connectivity index is 0.000000121. The molecule has 6 aliphatic heterocycles. The Morgan fingerprint density at radius 3 is 2.39 bits per heavy atom. The van der Waals surface area contributed by atoms with Gasteiger partial charge in [-0.3, -0.25) is 4.90 Å².